The third kappa shape index (κ3) is 4.35. The Balaban J connectivity index is 1.59. The van der Waals surface area contributed by atoms with E-state index in [0.29, 0.717) is 34.7 Å². The SMILES string of the molecule is COc1cc2c(ONc3cccc(F)c3)ncnc2cc1OCc1ccccc1. The van der Waals surface area contributed by atoms with Crippen molar-refractivity contribution < 1.29 is 18.7 Å². The van der Waals surface area contributed by atoms with Crippen LogP contribution in [0.3, 0.4) is 0 Å². The predicted molar refractivity (Wildman–Crippen MR) is 108 cm³/mol. The minimum atomic E-state index is -0.368. The number of hydrogen-bond donors (Lipinski definition) is 1. The van der Waals surface area contributed by atoms with Gasteiger partial charge in [-0.3, -0.25) is 0 Å². The summed E-state index contributed by atoms with van der Waals surface area (Å²) in [7, 11) is 1.56. The fourth-order valence-electron chi connectivity index (χ4n) is 2.79. The molecule has 4 rings (SSSR count). The molecule has 0 atom stereocenters. The zero-order valence-corrected chi connectivity index (χ0v) is 15.6. The molecular weight excluding hydrogens is 373 g/mol. The molecule has 6 nitrogen and oxygen atoms in total. The summed E-state index contributed by atoms with van der Waals surface area (Å²) in [5.41, 5.74) is 4.82. The van der Waals surface area contributed by atoms with Crippen LogP contribution in [0.5, 0.6) is 17.4 Å². The summed E-state index contributed by atoms with van der Waals surface area (Å²) in [6, 6.07) is 19.3. The molecule has 1 N–H and O–H groups in total. The Hall–Kier alpha value is -3.87. The summed E-state index contributed by atoms with van der Waals surface area (Å²) in [5.74, 6) is 1.01. The van der Waals surface area contributed by atoms with E-state index >= 15 is 0 Å². The molecule has 0 aliphatic rings. The van der Waals surface area contributed by atoms with Crippen molar-refractivity contribution in [1.29, 1.82) is 0 Å². The first-order chi connectivity index (χ1) is 14.2. The van der Waals surface area contributed by atoms with Gasteiger partial charge in [-0.05, 0) is 23.8 Å². The summed E-state index contributed by atoms with van der Waals surface area (Å²) in [6.07, 6.45) is 1.39. The van der Waals surface area contributed by atoms with E-state index in [-0.39, 0.29) is 11.7 Å². The molecule has 0 aliphatic carbocycles. The lowest BCUT2D eigenvalue weighted by Crippen LogP contribution is -2.07. The molecule has 0 unspecified atom stereocenters. The smallest absolute Gasteiger partial charge is 0.256 e. The van der Waals surface area contributed by atoms with Gasteiger partial charge in [0.25, 0.3) is 5.88 Å². The van der Waals surface area contributed by atoms with Crippen molar-refractivity contribution in [3.8, 4) is 17.4 Å². The van der Waals surface area contributed by atoms with Crippen molar-refractivity contribution in [3.63, 3.8) is 0 Å². The van der Waals surface area contributed by atoms with Crippen molar-refractivity contribution in [1.82, 2.24) is 9.97 Å². The molecule has 0 saturated heterocycles. The van der Waals surface area contributed by atoms with Gasteiger partial charge in [0, 0.05) is 12.1 Å². The van der Waals surface area contributed by atoms with E-state index in [4.69, 9.17) is 14.3 Å². The molecule has 29 heavy (non-hydrogen) atoms. The maximum atomic E-state index is 13.3. The Kier molecular flexibility index (Phi) is 5.38. The summed E-state index contributed by atoms with van der Waals surface area (Å²) in [6.45, 7) is 0.401. The minimum absolute atomic E-state index is 0.284. The lowest BCUT2D eigenvalue weighted by Gasteiger charge is -2.13. The normalized spacial score (nSPS) is 10.6. The molecule has 1 heterocycles. The first-order valence-corrected chi connectivity index (χ1v) is 8.91. The number of nitrogens with zero attached hydrogens (tertiary/aromatic N) is 2. The highest BCUT2D eigenvalue weighted by Gasteiger charge is 2.13. The number of ether oxygens (including phenoxy) is 2. The number of anilines is 1. The Morgan fingerprint density at radius 2 is 1.79 bits per heavy atom. The van der Waals surface area contributed by atoms with E-state index in [9.17, 15) is 4.39 Å². The topological polar surface area (TPSA) is 65.5 Å². The average Bonchev–Trinajstić information content (AvgIpc) is 2.76. The van der Waals surface area contributed by atoms with Crippen LogP contribution in [-0.4, -0.2) is 17.1 Å². The summed E-state index contributed by atoms with van der Waals surface area (Å²) >= 11 is 0. The second-order valence-corrected chi connectivity index (χ2v) is 6.19. The monoisotopic (exact) mass is 391 g/mol. The van der Waals surface area contributed by atoms with Crippen LogP contribution in [0.15, 0.2) is 73.1 Å². The molecule has 146 valence electrons. The van der Waals surface area contributed by atoms with Gasteiger partial charge in [0.2, 0.25) is 0 Å². The van der Waals surface area contributed by atoms with Crippen LogP contribution in [0.2, 0.25) is 0 Å². The lowest BCUT2D eigenvalue weighted by atomic mass is 10.2. The van der Waals surface area contributed by atoms with Crippen molar-refractivity contribution in [2.45, 2.75) is 6.61 Å². The van der Waals surface area contributed by atoms with E-state index in [2.05, 4.69) is 15.4 Å². The largest absolute Gasteiger partial charge is 0.493 e. The molecule has 1 aromatic heterocycles. The Morgan fingerprint density at radius 3 is 2.59 bits per heavy atom. The molecule has 7 heteroatoms. The van der Waals surface area contributed by atoms with Crippen LogP contribution in [-0.2, 0) is 6.61 Å². The van der Waals surface area contributed by atoms with Gasteiger partial charge in [-0.25, -0.2) is 14.9 Å². The molecule has 0 aliphatic heterocycles. The highest BCUT2D eigenvalue weighted by molar-refractivity contribution is 5.86. The van der Waals surface area contributed by atoms with Crippen LogP contribution in [0, 0.1) is 5.82 Å². The molecule has 4 aromatic rings. The average molecular weight is 391 g/mol. The molecule has 0 saturated carbocycles. The molecule has 3 aromatic carbocycles. The number of halogens is 1. The molecule has 0 amide bonds. The van der Waals surface area contributed by atoms with Gasteiger partial charge >= 0.3 is 0 Å². The van der Waals surface area contributed by atoms with Gasteiger partial charge in [-0.1, -0.05) is 36.4 Å². The summed E-state index contributed by atoms with van der Waals surface area (Å²) in [5, 5.41) is 0.625. The molecular formula is C22H18FN3O3. The summed E-state index contributed by atoms with van der Waals surface area (Å²) in [4.78, 5) is 14.0. The van der Waals surface area contributed by atoms with Crippen molar-refractivity contribution >= 4 is 16.6 Å². The number of aromatic nitrogens is 2. The van der Waals surface area contributed by atoms with E-state index < -0.39 is 0 Å². The molecule has 0 fully saturated rings. The zero-order chi connectivity index (χ0) is 20.1. The maximum Gasteiger partial charge on any atom is 0.256 e. The van der Waals surface area contributed by atoms with Gasteiger partial charge < -0.3 is 14.3 Å². The van der Waals surface area contributed by atoms with E-state index in [1.54, 1.807) is 31.4 Å². The number of benzene rings is 3. The van der Waals surface area contributed by atoms with E-state index in [1.807, 2.05) is 30.3 Å². The number of methoxy groups -OCH3 is 1. The van der Waals surface area contributed by atoms with Crippen molar-refractivity contribution in [3.05, 3.63) is 84.4 Å². The van der Waals surface area contributed by atoms with Crippen LogP contribution >= 0.6 is 0 Å². The van der Waals surface area contributed by atoms with Gasteiger partial charge in [-0.15, -0.1) is 0 Å². The molecule has 0 bridgehead atoms. The maximum absolute atomic E-state index is 13.3. The standard InChI is InChI=1S/C22H18FN3O3/c1-27-20-11-18-19(12-21(20)28-13-15-6-3-2-4-7-15)24-14-25-22(18)29-26-17-9-5-8-16(23)10-17/h2-12,14,26H,13H2,1H3. The number of nitrogens with one attached hydrogen (secondary N) is 1. The highest BCUT2D eigenvalue weighted by atomic mass is 19.1. The van der Waals surface area contributed by atoms with Gasteiger partial charge in [0.1, 0.15) is 18.8 Å². The number of rotatable bonds is 7. The second-order valence-electron chi connectivity index (χ2n) is 6.19. The number of hydrogen-bond acceptors (Lipinski definition) is 6. The Bertz CT molecular complexity index is 1120. The summed E-state index contributed by atoms with van der Waals surface area (Å²) < 4.78 is 24.7. The predicted octanol–water partition coefficient (Wildman–Crippen LogP) is 4.76. The van der Waals surface area contributed by atoms with Crippen molar-refractivity contribution in [2.75, 3.05) is 12.6 Å². The van der Waals surface area contributed by atoms with Crippen LogP contribution in [0.1, 0.15) is 5.56 Å². The first kappa shape index (κ1) is 18.5. The van der Waals surface area contributed by atoms with E-state index in [0.717, 1.165) is 5.56 Å². The molecule has 0 radical (unpaired) electrons. The van der Waals surface area contributed by atoms with Crippen molar-refractivity contribution in [2.24, 2.45) is 0 Å². The second kappa shape index (κ2) is 8.43. The van der Waals surface area contributed by atoms with Crippen LogP contribution in [0.25, 0.3) is 10.9 Å². The number of fused-ring (bicyclic) bond motifs is 1. The Morgan fingerprint density at radius 1 is 0.931 bits per heavy atom. The lowest BCUT2D eigenvalue weighted by molar-refractivity contribution is 0.285. The minimum Gasteiger partial charge on any atom is -0.493 e. The fourth-order valence-corrected chi connectivity index (χ4v) is 2.79. The van der Waals surface area contributed by atoms with Gasteiger partial charge in [-0.2, -0.15) is 4.98 Å². The zero-order valence-electron chi connectivity index (χ0n) is 15.6. The first-order valence-electron chi connectivity index (χ1n) is 8.91. The Labute approximate surface area is 166 Å². The molecule has 0 spiro atoms. The quantitative estimate of drug-likeness (QED) is 0.458. The third-order valence-corrected chi connectivity index (χ3v) is 4.21. The van der Waals surface area contributed by atoms with Crippen LogP contribution in [0.4, 0.5) is 10.1 Å². The van der Waals surface area contributed by atoms with Crippen LogP contribution < -0.4 is 19.8 Å². The highest BCUT2D eigenvalue weighted by Crippen LogP contribution is 2.35. The fraction of sp³-hybridized carbons (Fsp3) is 0.0909. The van der Waals surface area contributed by atoms with Gasteiger partial charge in [0.05, 0.1) is 23.7 Å². The van der Waals surface area contributed by atoms with E-state index in [1.165, 1.54) is 18.5 Å². The van der Waals surface area contributed by atoms with Gasteiger partial charge in [0.15, 0.2) is 11.5 Å². The third-order valence-electron chi connectivity index (χ3n) is 4.21.